The first kappa shape index (κ1) is 17.6. The molecule has 2 aromatic rings. The zero-order valence-electron chi connectivity index (χ0n) is 16.2. The molecule has 3 aliphatic rings. The van der Waals surface area contributed by atoms with Gasteiger partial charge in [0.25, 0.3) is 5.91 Å². The highest BCUT2D eigenvalue weighted by atomic mass is 16.2. The second-order valence-corrected chi connectivity index (χ2v) is 8.50. The zero-order chi connectivity index (χ0) is 19.1. The smallest absolute Gasteiger partial charge is 0.274 e. The van der Waals surface area contributed by atoms with E-state index >= 15 is 0 Å². The van der Waals surface area contributed by atoms with Crippen molar-refractivity contribution < 1.29 is 9.59 Å². The molecule has 0 spiro atoms. The molecule has 3 fully saturated rings. The molecular formula is C21H27N5O2. The van der Waals surface area contributed by atoms with Crippen LogP contribution < -0.4 is 0 Å². The van der Waals surface area contributed by atoms with Crippen LogP contribution in [0, 0.1) is 17.8 Å². The van der Waals surface area contributed by atoms with Crippen molar-refractivity contribution in [2.24, 2.45) is 17.8 Å². The molecule has 148 valence electrons. The van der Waals surface area contributed by atoms with Crippen LogP contribution in [0.1, 0.15) is 49.0 Å². The summed E-state index contributed by atoms with van der Waals surface area (Å²) in [5.41, 5.74) is 1.24. The Labute approximate surface area is 164 Å². The summed E-state index contributed by atoms with van der Waals surface area (Å²) >= 11 is 0. The first-order valence-corrected chi connectivity index (χ1v) is 10.6. The van der Waals surface area contributed by atoms with Crippen molar-refractivity contribution in [1.29, 1.82) is 0 Å². The second kappa shape index (κ2) is 7.18. The highest BCUT2D eigenvalue weighted by molar-refractivity contribution is 5.93. The third-order valence-electron chi connectivity index (χ3n) is 6.77. The lowest BCUT2D eigenvalue weighted by Gasteiger charge is -2.40. The fraction of sp³-hybridized carbons (Fsp3) is 0.619. The van der Waals surface area contributed by atoms with Crippen molar-refractivity contribution in [3.8, 4) is 0 Å². The van der Waals surface area contributed by atoms with Crippen LogP contribution in [-0.4, -0.2) is 62.4 Å². The van der Waals surface area contributed by atoms with Crippen LogP contribution in [0.15, 0.2) is 24.5 Å². The SMILES string of the molecule is O=C(c1cnc2cccnn12)N1CCC(C2CCN(C(=O)C3CC3)CC2)CC1. The number of carbonyl (C=O) groups excluding carboxylic acids is 2. The van der Waals surface area contributed by atoms with E-state index in [0.29, 0.717) is 35.0 Å². The molecule has 28 heavy (non-hydrogen) atoms. The van der Waals surface area contributed by atoms with E-state index in [4.69, 9.17) is 0 Å². The van der Waals surface area contributed by atoms with E-state index in [2.05, 4.69) is 15.0 Å². The van der Waals surface area contributed by atoms with Crippen molar-refractivity contribution in [1.82, 2.24) is 24.4 Å². The third-order valence-corrected chi connectivity index (χ3v) is 6.77. The first-order valence-electron chi connectivity index (χ1n) is 10.6. The van der Waals surface area contributed by atoms with Gasteiger partial charge >= 0.3 is 0 Å². The van der Waals surface area contributed by atoms with Gasteiger partial charge in [0.2, 0.25) is 5.91 Å². The Balaban J connectivity index is 1.15. The molecular weight excluding hydrogens is 354 g/mol. The van der Waals surface area contributed by atoms with Gasteiger partial charge in [0.15, 0.2) is 11.3 Å². The van der Waals surface area contributed by atoms with Crippen molar-refractivity contribution in [3.63, 3.8) is 0 Å². The van der Waals surface area contributed by atoms with Crippen LogP contribution in [0.25, 0.3) is 5.65 Å². The van der Waals surface area contributed by atoms with Gasteiger partial charge in [-0.15, -0.1) is 0 Å². The van der Waals surface area contributed by atoms with E-state index in [1.807, 2.05) is 17.0 Å². The second-order valence-electron chi connectivity index (χ2n) is 8.50. The molecule has 7 heteroatoms. The van der Waals surface area contributed by atoms with Gasteiger partial charge in [-0.25, -0.2) is 9.50 Å². The minimum atomic E-state index is 0.0227. The molecule has 0 bridgehead atoms. The predicted molar refractivity (Wildman–Crippen MR) is 104 cm³/mol. The van der Waals surface area contributed by atoms with Gasteiger partial charge in [-0.05, 0) is 62.5 Å². The lowest BCUT2D eigenvalue weighted by Crippen LogP contribution is -2.44. The molecule has 1 saturated carbocycles. The molecule has 0 atom stereocenters. The molecule has 2 aromatic heterocycles. The number of fused-ring (bicyclic) bond motifs is 1. The zero-order valence-corrected chi connectivity index (χ0v) is 16.2. The number of aromatic nitrogens is 3. The Hall–Kier alpha value is -2.44. The van der Waals surface area contributed by atoms with Crippen molar-refractivity contribution in [3.05, 3.63) is 30.2 Å². The molecule has 2 amide bonds. The Bertz CT molecular complexity index is 874. The normalized spacial score (nSPS) is 22.0. The van der Waals surface area contributed by atoms with E-state index in [1.54, 1.807) is 16.9 Å². The Kier molecular flexibility index (Phi) is 4.53. The summed E-state index contributed by atoms with van der Waals surface area (Å²) < 4.78 is 1.63. The van der Waals surface area contributed by atoms with Gasteiger partial charge in [-0.1, -0.05) is 0 Å². The largest absolute Gasteiger partial charge is 0.342 e. The number of nitrogens with zero attached hydrogens (tertiary/aromatic N) is 5. The fourth-order valence-electron chi connectivity index (χ4n) is 4.89. The molecule has 0 N–H and O–H groups in total. The van der Waals surface area contributed by atoms with Gasteiger partial charge in [-0.2, -0.15) is 5.10 Å². The molecule has 2 aliphatic heterocycles. The molecule has 0 radical (unpaired) electrons. The number of imidazole rings is 1. The number of carbonyl (C=O) groups is 2. The van der Waals surface area contributed by atoms with Crippen LogP contribution in [-0.2, 0) is 4.79 Å². The van der Waals surface area contributed by atoms with Crippen LogP contribution in [0.2, 0.25) is 0 Å². The van der Waals surface area contributed by atoms with Crippen LogP contribution in [0.3, 0.4) is 0 Å². The highest BCUT2D eigenvalue weighted by Gasteiger charge is 2.37. The van der Waals surface area contributed by atoms with Gasteiger partial charge in [0, 0.05) is 38.3 Å². The van der Waals surface area contributed by atoms with E-state index in [-0.39, 0.29) is 5.91 Å². The van der Waals surface area contributed by atoms with Gasteiger partial charge in [0.1, 0.15) is 0 Å². The number of hydrogen-bond acceptors (Lipinski definition) is 4. The van der Waals surface area contributed by atoms with Crippen LogP contribution in [0.5, 0.6) is 0 Å². The fourth-order valence-corrected chi connectivity index (χ4v) is 4.89. The number of amides is 2. The van der Waals surface area contributed by atoms with E-state index in [1.165, 1.54) is 0 Å². The average Bonchev–Trinajstić information content (AvgIpc) is 3.52. The highest BCUT2D eigenvalue weighted by Crippen LogP contribution is 2.36. The molecule has 2 saturated heterocycles. The number of piperidine rings is 2. The quantitative estimate of drug-likeness (QED) is 0.817. The molecule has 4 heterocycles. The summed E-state index contributed by atoms with van der Waals surface area (Å²) in [5.74, 6) is 2.11. The number of likely N-dealkylation sites (tertiary alicyclic amines) is 2. The minimum Gasteiger partial charge on any atom is -0.342 e. The lowest BCUT2D eigenvalue weighted by molar-refractivity contribution is -0.134. The summed E-state index contributed by atoms with van der Waals surface area (Å²) in [5, 5.41) is 4.26. The minimum absolute atomic E-state index is 0.0227. The first-order chi connectivity index (χ1) is 13.7. The van der Waals surface area contributed by atoms with Crippen molar-refractivity contribution >= 4 is 17.5 Å². The monoisotopic (exact) mass is 381 g/mol. The standard InChI is InChI=1S/C21H27N5O2/c27-20(17-3-4-17)24-10-5-15(6-11-24)16-7-12-25(13-8-16)21(28)18-14-22-19-2-1-9-23-26(18)19/h1-2,9,14-17H,3-8,10-13H2. The summed E-state index contributed by atoms with van der Waals surface area (Å²) in [4.78, 5) is 33.5. The van der Waals surface area contributed by atoms with E-state index < -0.39 is 0 Å². The van der Waals surface area contributed by atoms with Gasteiger partial charge in [0.05, 0.1) is 6.20 Å². The van der Waals surface area contributed by atoms with Gasteiger partial charge < -0.3 is 9.80 Å². The van der Waals surface area contributed by atoms with Crippen LogP contribution in [0.4, 0.5) is 0 Å². The number of hydrogen-bond donors (Lipinski definition) is 0. The van der Waals surface area contributed by atoms with Gasteiger partial charge in [-0.3, -0.25) is 9.59 Å². The predicted octanol–water partition coefficient (Wildman–Crippen LogP) is 2.23. The average molecular weight is 381 g/mol. The van der Waals surface area contributed by atoms with E-state index in [0.717, 1.165) is 64.7 Å². The van der Waals surface area contributed by atoms with Crippen molar-refractivity contribution in [2.45, 2.75) is 38.5 Å². The summed E-state index contributed by atoms with van der Waals surface area (Å²) in [6, 6.07) is 3.68. The molecule has 1 aliphatic carbocycles. The molecule has 0 aromatic carbocycles. The lowest BCUT2D eigenvalue weighted by atomic mass is 9.78. The maximum Gasteiger partial charge on any atom is 0.274 e. The third kappa shape index (κ3) is 3.27. The molecule has 0 unspecified atom stereocenters. The Morgan fingerprint density at radius 3 is 2.18 bits per heavy atom. The number of rotatable bonds is 3. The maximum absolute atomic E-state index is 12.9. The topological polar surface area (TPSA) is 70.8 Å². The Morgan fingerprint density at radius 2 is 1.54 bits per heavy atom. The maximum atomic E-state index is 12.9. The Morgan fingerprint density at radius 1 is 0.893 bits per heavy atom. The van der Waals surface area contributed by atoms with Crippen molar-refractivity contribution in [2.75, 3.05) is 26.2 Å². The summed E-state index contributed by atoms with van der Waals surface area (Å²) in [7, 11) is 0. The van der Waals surface area contributed by atoms with Crippen LogP contribution >= 0.6 is 0 Å². The molecule has 5 rings (SSSR count). The summed E-state index contributed by atoms with van der Waals surface area (Å²) in [6.45, 7) is 3.44. The molecule has 7 nitrogen and oxygen atoms in total. The summed E-state index contributed by atoms with van der Waals surface area (Å²) in [6.07, 6.45) is 9.83. The van der Waals surface area contributed by atoms with E-state index in [9.17, 15) is 9.59 Å².